The molecule has 0 unspecified atom stereocenters. The molecule has 1 aliphatic heterocycles. The van der Waals surface area contributed by atoms with Crippen LogP contribution in [0, 0.1) is 6.92 Å². The summed E-state index contributed by atoms with van der Waals surface area (Å²) in [6, 6.07) is 23.0. The SMILES string of the molecule is COc1ccccc1N1C(=S)N[C@H](c2ccccn2)[C@H]1c1ccc(-c2cccc(Cl)c2C)o1. The Balaban J connectivity index is 1.64. The molecular formula is C26H22ClN3O2S. The molecule has 0 spiro atoms. The molecule has 33 heavy (non-hydrogen) atoms. The second kappa shape index (κ2) is 8.89. The van der Waals surface area contributed by atoms with Crippen molar-refractivity contribution >= 4 is 34.6 Å². The van der Waals surface area contributed by atoms with Crippen LogP contribution in [-0.4, -0.2) is 17.2 Å². The molecule has 2 atom stereocenters. The first-order valence-corrected chi connectivity index (χ1v) is 11.4. The molecule has 0 saturated carbocycles. The molecule has 1 saturated heterocycles. The summed E-state index contributed by atoms with van der Waals surface area (Å²) in [4.78, 5) is 6.64. The first kappa shape index (κ1) is 21.5. The fourth-order valence-electron chi connectivity index (χ4n) is 4.26. The molecule has 3 heterocycles. The number of thiocarbonyl (C=S) groups is 1. The third-order valence-electron chi connectivity index (χ3n) is 5.89. The first-order valence-electron chi connectivity index (χ1n) is 10.6. The smallest absolute Gasteiger partial charge is 0.174 e. The van der Waals surface area contributed by atoms with Gasteiger partial charge >= 0.3 is 0 Å². The quantitative estimate of drug-likeness (QED) is 0.333. The van der Waals surface area contributed by atoms with Gasteiger partial charge in [-0.15, -0.1) is 0 Å². The molecule has 0 radical (unpaired) electrons. The fourth-order valence-corrected chi connectivity index (χ4v) is 4.78. The van der Waals surface area contributed by atoms with Gasteiger partial charge in [0, 0.05) is 16.8 Å². The summed E-state index contributed by atoms with van der Waals surface area (Å²) < 4.78 is 12.1. The van der Waals surface area contributed by atoms with Crippen molar-refractivity contribution < 1.29 is 9.15 Å². The van der Waals surface area contributed by atoms with E-state index in [1.54, 1.807) is 13.3 Å². The lowest BCUT2D eigenvalue weighted by atomic mass is 10.0. The fraction of sp³-hybridized carbons (Fsp3) is 0.154. The summed E-state index contributed by atoms with van der Waals surface area (Å²) in [5, 5.41) is 4.73. The Kier molecular flexibility index (Phi) is 5.79. The highest BCUT2D eigenvalue weighted by molar-refractivity contribution is 7.80. The average molecular weight is 476 g/mol. The van der Waals surface area contributed by atoms with E-state index >= 15 is 0 Å². The molecule has 4 aromatic rings. The van der Waals surface area contributed by atoms with Gasteiger partial charge in [0.25, 0.3) is 0 Å². The Labute approximate surface area is 203 Å². The second-order valence-corrected chi connectivity index (χ2v) is 8.58. The van der Waals surface area contributed by atoms with Crippen LogP contribution in [0.5, 0.6) is 5.75 Å². The lowest BCUT2D eigenvalue weighted by Crippen LogP contribution is -2.29. The largest absolute Gasteiger partial charge is 0.495 e. The second-order valence-electron chi connectivity index (χ2n) is 7.78. The number of pyridine rings is 1. The number of methoxy groups -OCH3 is 1. The van der Waals surface area contributed by atoms with Crippen LogP contribution in [-0.2, 0) is 0 Å². The van der Waals surface area contributed by atoms with Crippen molar-refractivity contribution in [1.29, 1.82) is 0 Å². The Morgan fingerprint density at radius 3 is 2.64 bits per heavy atom. The minimum Gasteiger partial charge on any atom is -0.495 e. The maximum atomic E-state index is 6.45. The lowest BCUT2D eigenvalue weighted by molar-refractivity contribution is 0.409. The van der Waals surface area contributed by atoms with Gasteiger partial charge in [0.05, 0.1) is 24.5 Å². The van der Waals surface area contributed by atoms with Gasteiger partial charge in [-0.05, 0) is 67.2 Å². The highest BCUT2D eigenvalue weighted by atomic mass is 35.5. The Morgan fingerprint density at radius 1 is 1.03 bits per heavy atom. The number of anilines is 1. The lowest BCUT2D eigenvalue weighted by Gasteiger charge is -2.27. The summed E-state index contributed by atoms with van der Waals surface area (Å²) in [5.41, 5.74) is 3.67. The Hall–Kier alpha value is -3.35. The summed E-state index contributed by atoms with van der Waals surface area (Å²) in [6.45, 7) is 1.99. The van der Waals surface area contributed by atoms with Crippen LogP contribution in [0.2, 0.25) is 5.02 Å². The molecule has 2 aromatic heterocycles. The summed E-state index contributed by atoms with van der Waals surface area (Å²) in [7, 11) is 1.66. The van der Waals surface area contributed by atoms with E-state index in [9.17, 15) is 0 Å². The molecule has 166 valence electrons. The van der Waals surface area contributed by atoms with Gasteiger partial charge in [-0.2, -0.15) is 0 Å². The Morgan fingerprint density at radius 2 is 1.85 bits per heavy atom. The van der Waals surface area contributed by atoms with Crippen molar-refractivity contribution in [2.75, 3.05) is 12.0 Å². The maximum Gasteiger partial charge on any atom is 0.174 e. The van der Waals surface area contributed by atoms with E-state index in [1.807, 2.05) is 84.6 Å². The normalized spacial score (nSPS) is 17.8. The third-order valence-corrected chi connectivity index (χ3v) is 6.62. The van der Waals surface area contributed by atoms with Crippen LogP contribution < -0.4 is 15.0 Å². The van der Waals surface area contributed by atoms with Crippen molar-refractivity contribution in [2.24, 2.45) is 0 Å². The van der Waals surface area contributed by atoms with Gasteiger partial charge in [-0.1, -0.05) is 41.9 Å². The van der Waals surface area contributed by atoms with Crippen LogP contribution in [0.3, 0.4) is 0 Å². The highest BCUT2D eigenvalue weighted by Gasteiger charge is 2.43. The Bertz CT molecular complexity index is 1310. The molecule has 2 aromatic carbocycles. The zero-order valence-corrected chi connectivity index (χ0v) is 19.7. The number of halogens is 1. The molecule has 0 bridgehead atoms. The van der Waals surface area contributed by atoms with Gasteiger partial charge in [0.1, 0.15) is 23.3 Å². The number of hydrogen-bond donors (Lipinski definition) is 1. The van der Waals surface area contributed by atoms with Crippen molar-refractivity contribution in [3.05, 3.63) is 101 Å². The number of nitrogens with one attached hydrogen (secondary N) is 1. The van der Waals surface area contributed by atoms with Crippen LogP contribution in [0.1, 0.15) is 29.1 Å². The molecule has 5 rings (SSSR count). The van der Waals surface area contributed by atoms with E-state index in [-0.39, 0.29) is 12.1 Å². The number of hydrogen-bond acceptors (Lipinski definition) is 4. The van der Waals surface area contributed by atoms with E-state index in [0.717, 1.165) is 39.8 Å². The highest BCUT2D eigenvalue weighted by Crippen LogP contribution is 2.45. The zero-order valence-electron chi connectivity index (χ0n) is 18.2. The van der Waals surface area contributed by atoms with E-state index in [2.05, 4.69) is 10.3 Å². The number of rotatable bonds is 5. The monoisotopic (exact) mass is 475 g/mol. The number of furan rings is 1. The molecule has 7 heteroatoms. The van der Waals surface area contributed by atoms with Crippen LogP contribution in [0.25, 0.3) is 11.3 Å². The van der Waals surface area contributed by atoms with Crippen LogP contribution >= 0.6 is 23.8 Å². The number of nitrogens with zero attached hydrogens (tertiary/aromatic N) is 2. The van der Waals surface area contributed by atoms with Gasteiger partial charge in [0.15, 0.2) is 5.11 Å². The van der Waals surface area contributed by atoms with Crippen molar-refractivity contribution in [3.63, 3.8) is 0 Å². The number of benzene rings is 2. The molecule has 1 N–H and O–H groups in total. The minimum atomic E-state index is -0.267. The molecule has 0 amide bonds. The zero-order chi connectivity index (χ0) is 22.9. The van der Waals surface area contributed by atoms with E-state index in [4.69, 9.17) is 33.0 Å². The van der Waals surface area contributed by atoms with E-state index < -0.39 is 0 Å². The standard InChI is InChI=1S/C26H22ClN3O2S/c1-16-17(8-7-9-18(16)27)21-13-14-23(32-21)25-24(19-10-5-6-15-28-19)29-26(33)30(25)20-11-3-4-12-22(20)31-2/h3-15,24-25H,1-2H3,(H,29,33)/t24-,25-/m1/s1. The third kappa shape index (κ3) is 3.86. The molecule has 0 aliphatic carbocycles. The van der Waals surface area contributed by atoms with Gasteiger partial charge in [-0.3, -0.25) is 4.98 Å². The summed E-state index contributed by atoms with van der Waals surface area (Å²) in [6.07, 6.45) is 1.78. The minimum absolute atomic E-state index is 0.205. The first-order chi connectivity index (χ1) is 16.1. The maximum absolute atomic E-state index is 6.45. The van der Waals surface area contributed by atoms with Crippen LogP contribution in [0.4, 0.5) is 5.69 Å². The van der Waals surface area contributed by atoms with Gasteiger partial charge in [0.2, 0.25) is 0 Å². The van der Waals surface area contributed by atoms with Crippen molar-refractivity contribution in [1.82, 2.24) is 10.3 Å². The van der Waals surface area contributed by atoms with E-state index in [1.165, 1.54) is 0 Å². The topological polar surface area (TPSA) is 50.5 Å². The average Bonchev–Trinajstić information content (AvgIpc) is 3.46. The number of aromatic nitrogens is 1. The van der Waals surface area contributed by atoms with Crippen molar-refractivity contribution in [2.45, 2.75) is 19.0 Å². The van der Waals surface area contributed by atoms with Crippen molar-refractivity contribution in [3.8, 4) is 17.1 Å². The van der Waals surface area contributed by atoms with Gasteiger partial charge in [-0.25, -0.2) is 0 Å². The number of para-hydroxylation sites is 2. The molecular weight excluding hydrogens is 454 g/mol. The predicted octanol–water partition coefficient (Wildman–Crippen LogP) is 6.49. The summed E-state index contributed by atoms with van der Waals surface area (Å²) >= 11 is 12.2. The van der Waals surface area contributed by atoms with Crippen LogP contribution in [0.15, 0.2) is 83.4 Å². The summed E-state index contributed by atoms with van der Waals surface area (Å²) in [5.74, 6) is 2.24. The number of ether oxygens (including phenoxy) is 1. The molecule has 1 fully saturated rings. The van der Waals surface area contributed by atoms with Gasteiger partial charge < -0.3 is 19.4 Å². The molecule has 5 nitrogen and oxygen atoms in total. The van der Waals surface area contributed by atoms with E-state index in [0.29, 0.717) is 10.1 Å². The predicted molar refractivity (Wildman–Crippen MR) is 135 cm³/mol. The molecule has 1 aliphatic rings.